The summed E-state index contributed by atoms with van der Waals surface area (Å²) in [4.78, 5) is 125. The number of pyridine rings is 4. The minimum absolute atomic E-state index is 0.100. The number of rotatable bonds is 13. The first-order valence-electron chi connectivity index (χ1n) is 39.9. The van der Waals surface area contributed by atoms with Crippen molar-refractivity contribution in [3.8, 4) is 34.6 Å². The van der Waals surface area contributed by atoms with Crippen LogP contribution in [0.5, 0.6) is 0 Å². The van der Waals surface area contributed by atoms with E-state index in [1.54, 1.807) is 73.9 Å². The Labute approximate surface area is 737 Å². The number of fused-ring (bicyclic) bond motifs is 8. The Morgan fingerprint density at radius 1 is 0.352 bits per heavy atom. The second kappa shape index (κ2) is 34.8. The maximum atomic E-state index is 13.7. The molecule has 0 aliphatic rings. The van der Waals surface area contributed by atoms with Crippen LogP contribution in [0.25, 0.3) is 111 Å². The number of hydrogen-bond acceptors (Lipinski definition) is 29. The van der Waals surface area contributed by atoms with Crippen LogP contribution >= 0.6 is 27.5 Å². The van der Waals surface area contributed by atoms with Crippen molar-refractivity contribution in [3.63, 3.8) is 0 Å². The van der Waals surface area contributed by atoms with Crippen molar-refractivity contribution in [2.24, 2.45) is 0 Å². The molecule has 0 aliphatic heterocycles. The first-order chi connectivity index (χ1) is 61.9. The molecule has 39 heteroatoms. The second-order valence-electron chi connectivity index (χ2n) is 29.8. The largest absolute Gasteiger partial charge is 0.384 e. The number of halogens is 2. The molecule has 128 heavy (non-hydrogen) atoms. The molecule has 16 heterocycles. The van der Waals surface area contributed by atoms with E-state index in [0.717, 1.165) is 72.6 Å². The predicted octanol–water partition coefficient (Wildman–Crippen LogP) is 9.99. The molecule has 0 atom stereocenters. The van der Waals surface area contributed by atoms with Crippen LogP contribution in [0.4, 0.5) is 23.3 Å². The van der Waals surface area contributed by atoms with Gasteiger partial charge in [-0.25, -0.2) is 98.5 Å². The lowest BCUT2D eigenvalue weighted by Crippen LogP contribution is -2.27. The zero-order valence-electron chi connectivity index (χ0n) is 70.1. The molecule has 9 N–H and O–H groups in total. The minimum Gasteiger partial charge on any atom is -0.384 e. The van der Waals surface area contributed by atoms with E-state index < -0.39 is 0 Å². The summed E-state index contributed by atoms with van der Waals surface area (Å²) < 4.78 is 13.5. The Kier molecular flexibility index (Phi) is 22.8. The van der Waals surface area contributed by atoms with Gasteiger partial charge in [0.1, 0.15) is 120 Å². The summed E-state index contributed by atoms with van der Waals surface area (Å²) >= 11 is 9.71. The van der Waals surface area contributed by atoms with E-state index in [0.29, 0.717) is 140 Å². The van der Waals surface area contributed by atoms with E-state index in [2.05, 4.69) is 103 Å². The SMILES string of the molecule is CCc1nn(Cc2nc3nccc(C)c3c(=O)n2-c2ccccc2C)c2ncnc(N)c12.Cc1ccccc1-n1c(Cn2nc(Br)c3c(N)ncnc32)nc2nccc(C)c2c1=O.Cc1ccccc1-n1c(Cn2nc(C#CCO)c3c(N)ncnc32)nc2nccc(C)c2c1=O.Cc1ccccc1-n1c(Cn2nc(Cl)c3c(N)ncnc32)nc2nccc(C)c2c1=O. The molecule has 0 fully saturated rings. The van der Waals surface area contributed by atoms with Crippen LogP contribution in [-0.2, 0) is 32.6 Å². The van der Waals surface area contributed by atoms with Crippen LogP contribution in [0.2, 0.25) is 5.15 Å². The maximum Gasteiger partial charge on any atom is 0.267 e. The summed E-state index contributed by atoms with van der Waals surface area (Å²) in [6, 6.07) is 37.9. The molecule has 0 saturated heterocycles. The fraction of sp³-hybridized carbons (Fsp3) is 0.169. The number of anilines is 4. The molecule has 0 saturated carbocycles. The van der Waals surface area contributed by atoms with Gasteiger partial charge in [-0.15, -0.1) is 0 Å². The molecule has 636 valence electrons. The van der Waals surface area contributed by atoms with Gasteiger partial charge in [-0.1, -0.05) is 97.2 Å². The summed E-state index contributed by atoms with van der Waals surface area (Å²) in [7, 11) is 0. The van der Waals surface area contributed by atoms with Crippen LogP contribution < -0.4 is 45.2 Å². The number of benzene rings is 4. The number of hydrogen-bond donors (Lipinski definition) is 5. The van der Waals surface area contributed by atoms with E-state index in [4.69, 9.17) is 64.7 Å². The molecular weight excluding hydrogens is 1710 g/mol. The Morgan fingerprint density at radius 3 is 1.00 bits per heavy atom. The van der Waals surface area contributed by atoms with Gasteiger partial charge < -0.3 is 28.0 Å². The Hall–Kier alpha value is -16.3. The normalized spacial score (nSPS) is 11.3. The van der Waals surface area contributed by atoms with Gasteiger partial charge in [-0.2, -0.15) is 20.4 Å². The summed E-state index contributed by atoms with van der Waals surface area (Å²) in [6.07, 6.45) is 12.8. The van der Waals surface area contributed by atoms with Crippen LogP contribution in [0.15, 0.2) is 195 Å². The number of aromatic nitrogens is 28. The third-order valence-electron chi connectivity index (χ3n) is 21.6. The van der Waals surface area contributed by atoms with E-state index in [1.807, 2.05) is 172 Å². The van der Waals surface area contributed by atoms with Crippen molar-refractivity contribution in [3.05, 3.63) is 302 Å². The number of nitrogen functional groups attached to an aromatic ring is 4. The highest BCUT2D eigenvalue weighted by atomic mass is 79.9. The number of aryl methyl sites for hydroxylation is 9. The summed E-state index contributed by atoms with van der Waals surface area (Å²) in [6.45, 7) is 17.6. The first kappa shape index (κ1) is 84.0. The molecule has 4 aromatic carbocycles. The molecule has 37 nitrogen and oxygen atoms in total. The molecule has 16 aromatic heterocycles. The molecule has 0 spiro atoms. The van der Waals surface area contributed by atoms with E-state index in [1.165, 1.54) is 25.3 Å². The molecule has 0 amide bonds. The molecule has 20 aromatic rings. The lowest BCUT2D eigenvalue weighted by Gasteiger charge is -2.16. The van der Waals surface area contributed by atoms with E-state index in [-0.39, 0.29) is 71.8 Å². The number of aliphatic hydroxyl groups is 1. The molecule has 0 radical (unpaired) electrons. The van der Waals surface area contributed by atoms with Gasteiger partial charge in [0.2, 0.25) is 0 Å². The number of nitrogens with zero attached hydrogens (tertiary/aromatic N) is 28. The topological polar surface area (TPSA) is 490 Å². The molecule has 0 aliphatic carbocycles. The average Bonchev–Trinajstić information content (AvgIpc) is 1.11. The summed E-state index contributed by atoms with van der Waals surface area (Å²) in [5.74, 6) is 8.42. The Balaban J connectivity index is 0.000000120. The van der Waals surface area contributed by atoms with E-state index >= 15 is 0 Å². The molecule has 20 rings (SSSR count). The van der Waals surface area contributed by atoms with Crippen molar-refractivity contribution in [2.75, 3.05) is 29.5 Å². The highest BCUT2D eigenvalue weighted by molar-refractivity contribution is 9.10. The maximum absolute atomic E-state index is 13.7. The zero-order chi connectivity index (χ0) is 89.6. The Morgan fingerprint density at radius 2 is 0.648 bits per heavy atom. The van der Waals surface area contributed by atoms with Crippen LogP contribution in [-0.4, -0.2) is 149 Å². The molecule has 0 unspecified atom stereocenters. The van der Waals surface area contributed by atoms with E-state index in [9.17, 15) is 19.2 Å². The smallest absolute Gasteiger partial charge is 0.267 e. The number of para-hydroxylation sites is 4. The quantitative estimate of drug-likeness (QED) is 0.0670. The van der Waals surface area contributed by atoms with Crippen molar-refractivity contribution in [2.45, 2.75) is 94.9 Å². The third kappa shape index (κ3) is 15.5. The Bertz CT molecular complexity index is 7990. The fourth-order valence-corrected chi connectivity index (χ4v) is 16.2. The van der Waals surface area contributed by atoms with Crippen molar-refractivity contribution < 1.29 is 5.11 Å². The van der Waals surface area contributed by atoms with Gasteiger partial charge in [0.25, 0.3) is 22.2 Å². The van der Waals surface area contributed by atoms with Gasteiger partial charge in [0.15, 0.2) is 50.3 Å². The monoisotopic (exact) mass is 1790 g/mol. The average molecular weight is 1790 g/mol. The molecular formula is C89H76BrClN32O5. The standard InChI is InChI=1S/C24H20N8O2.C23H22N8O.C21H17BrN8O.C21H17ClN8O/c1-14-6-3-4-8-17(14)32-18(29-22-19(24(32)34)15(2)9-10-26-22)12-31-23-20(21(25)27-13-28-23)16(30-31)7-5-11-33;1-4-15-19-20(24)26-12-27-22(19)30(29-15)11-17-28-21-18(14(3)9-10-25-21)23(32)31(17)16-8-6-5-7-13(16)2;2*1-11-5-3-4-6-13(11)30-14(27-19-15(21(30)31)12(2)7-8-24-19)9-29-20-16(17(22)28-29)18(23)25-10-26-20/h3-4,6,8-10,13,33H,11-12H2,1-2H3,(H2,25,27,28);5-10,12H,4,11H2,1-3H3,(H2,24,26,27);2*3-8,10H,9H2,1-2H3,(H2,23,25,26). The second-order valence-corrected chi connectivity index (χ2v) is 30.9. The van der Waals surface area contributed by atoms with Crippen molar-refractivity contribution in [1.29, 1.82) is 0 Å². The van der Waals surface area contributed by atoms with Gasteiger partial charge in [0.05, 0.1) is 66.1 Å². The van der Waals surface area contributed by atoms with Gasteiger partial charge in [-0.05, 0) is 177 Å². The first-order valence-corrected chi connectivity index (χ1v) is 41.1. The highest BCUT2D eigenvalue weighted by Crippen LogP contribution is 2.32. The molecule has 0 bridgehead atoms. The van der Waals surface area contributed by atoms with Gasteiger partial charge >= 0.3 is 0 Å². The predicted molar refractivity (Wildman–Crippen MR) is 490 cm³/mol. The van der Waals surface area contributed by atoms with Crippen LogP contribution in [0.1, 0.15) is 86.1 Å². The highest BCUT2D eigenvalue weighted by Gasteiger charge is 2.27. The summed E-state index contributed by atoms with van der Waals surface area (Å²) in [5, 5.41) is 31.6. The third-order valence-corrected chi connectivity index (χ3v) is 22.4. The number of nitrogens with two attached hydrogens (primary N) is 4. The van der Waals surface area contributed by atoms with Gasteiger partial charge in [0, 0.05) is 24.8 Å². The van der Waals surface area contributed by atoms with Crippen LogP contribution in [0, 0.1) is 67.2 Å². The summed E-state index contributed by atoms with van der Waals surface area (Å²) in [5.41, 5.74) is 38.1. The lowest BCUT2D eigenvalue weighted by molar-refractivity contribution is 0.350. The van der Waals surface area contributed by atoms with Crippen molar-refractivity contribution >= 4 is 139 Å². The lowest BCUT2D eigenvalue weighted by atomic mass is 10.1. The number of aliphatic hydroxyl groups excluding tert-OH is 1. The van der Waals surface area contributed by atoms with Crippen LogP contribution in [0.3, 0.4) is 0 Å². The zero-order valence-corrected chi connectivity index (χ0v) is 72.4. The van der Waals surface area contributed by atoms with Crippen molar-refractivity contribution in [1.82, 2.24) is 137 Å². The fourth-order valence-electron chi connectivity index (χ4n) is 15.4. The minimum atomic E-state index is -0.327. The van der Waals surface area contributed by atoms with Gasteiger partial charge in [-0.3, -0.25) is 37.4 Å².